The maximum absolute atomic E-state index is 14.3. The number of halogens is 1. The van der Waals surface area contributed by atoms with Crippen LogP contribution in [0.1, 0.15) is 36.2 Å². The predicted molar refractivity (Wildman–Crippen MR) is 94.4 cm³/mol. The lowest BCUT2D eigenvalue weighted by atomic mass is 10.2. The number of aromatic nitrogens is 5. The van der Waals surface area contributed by atoms with Gasteiger partial charge in [0.15, 0.2) is 5.82 Å². The van der Waals surface area contributed by atoms with E-state index in [-0.39, 0.29) is 23.4 Å². The smallest absolute Gasteiger partial charge is 0.267 e. The zero-order valence-corrected chi connectivity index (χ0v) is 14.6. The third-order valence-electron chi connectivity index (χ3n) is 3.76. The first-order valence-electron chi connectivity index (χ1n) is 7.96. The van der Waals surface area contributed by atoms with Crippen molar-refractivity contribution in [2.24, 2.45) is 5.73 Å². The molecule has 0 aromatic carbocycles. The topological polar surface area (TPSA) is 112 Å². The number of carbonyl (C=O) groups excluding carboxylic acids is 1. The number of nitrogens with two attached hydrogens (primary N) is 1. The molecule has 0 spiro atoms. The second kappa shape index (κ2) is 6.87. The van der Waals surface area contributed by atoms with Crippen molar-refractivity contribution >= 4 is 17.5 Å². The van der Waals surface area contributed by atoms with Gasteiger partial charge in [0.1, 0.15) is 17.2 Å². The van der Waals surface area contributed by atoms with Gasteiger partial charge in [-0.3, -0.25) is 4.79 Å². The minimum atomic E-state index is -0.616. The molecule has 0 aliphatic carbocycles. The lowest BCUT2D eigenvalue weighted by Gasteiger charge is -2.14. The van der Waals surface area contributed by atoms with Gasteiger partial charge in [-0.15, -0.1) is 0 Å². The Morgan fingerprint density at radius 3 is 2.58 bits per heavy atom. The molecule has 3 N–H and O–H groups in total. The molecule has 0 aliphatic rings. The van der Waals surface area contributed by atoms with E-state index in [1.807, 2.05) is 25.3 Å². The van der Waals surface area contributed by atoms with Crippen LogP contribution in [0, 0.1) is 12.7 Å². The minimum absolute atomic E-state index is 0.101. The third-order valence-corrected chi connectivity index (χ3v) is 3.76. The summed E-state index contributed by atoms with van der Waals surface area (Å²) in [4.78, 5) is 27.5. The van der Waals surface area contributed by atoms with Gasteiger partial charge >= 0.3 is 0 Å². The summed E-state index contributed by atoms with van der Waals surface area (Å²) in [5, 5.41) is 2.93. The van der Waals surface area contributed by atoms with Crippen LogP contribution in [0.15, 0.2) is 30.7 Å². The Bertz CT molecular complexity index is 950. The summed E-state index contributed by atoms with van der Waals surface area (Å²) in [6.07, 6.45) is 4.12. The number of primary amides is 1. The molecule has 26 heavy (non-hydrogen) atoms. The average molecular weight is 355 g/mol. The van der Waals surface area contributed by atoms with Crippen LogP contribution in [0.4, 0.5) is 16.0 Å². The van der Waals surface area contributed by atoms with Gasteiger partial charge in [0.25, 0.3) is 5.91 Å². The lowest BCUT2D eigenvalue weighted by Crippen LogP contribution is -2.12. The van der Waals surface area contributed by atoms with E-state index in [9.17, 15) is 9.18 Å². The Labute approximate surface area is 149 Å². The quantitative estimate of drug-likeness (QED) is 0.727. The molecule has 0 atom stereocenters. The number of hydrogen-bond donors (Lipinski definition) is 2. The van der Waals surface area contributed by atoms with Crippen LogP contribution in [0.5, 0.6) is 0 Å². The zero-order chi connectivity index (χ0) is 18.8. The number of aryl methyl sites for hydroxylation is 1. The fourth-order valence-electron chi connectivity index (χ4n) is 2.63. The Hall–Kier alpha value is -3.36. The molecule has 0 saturated heterocycles. The summed E-state index contributed by atoms with van der Waals surface area (Å²) in [5.41, 5.74) is 6.57. The third kappa shape index (κ3) is 3.37. The SMILES string of the molecule is Cc1ncc(-c2nc(Nc3ccc(C(N)=O)nc3)ncc2F)n1C(C)C. The molecular formula is C17H18FN7O. The van der Waals surface area contributed by atoms with Crippen molar-refractivity contribution in [1.82, 2.24) is 24.5 Å². The molecule has 8 nitrogen and oxygen atoms in total. The number of carbonyl (C=O) groups is 1. The monoisotopic (exact) mass is 355 g/mol. The van der Waals surface area contributed by atoms with E-state index in [1.54, 1.807) is 12.3 Å². The largest absolute Gasteiger partial charge is 0.364 e. The number of anilines is 2. The van der Waals surface area contributed by atoms with E-state index >= 15 is 0 Å². The van der Waals surface area contributed by atoms with E-state index in [2.05, 4.69) is 25.3 Å². The summed E-state index contributed by atoms with van der Waals surface area (Å²) in [7, 11) is 0. The lowest BCUT2D eigenvalue weighted by molar-refractivity contribution is 0.0995. The number of hydrogen-bond acceptors (Lipinski definition) is 6. The molecular weight excluding hydrogens is 337 g/mol. The van der Waals surface area contributed by atoms with Gasteiger partial charge in [0, 0.05) is 6.04 Å². The highest BCUT2D eigenvalue weighted by molar-refractivity contribution is 5.90. The molecule has 0 fully saturated rings. The first-order chi connectivity index (χ1) is 12.4. The van der Waals surface area contributed by atoms with Gasteiger partial charge in [-0.1, -0.05) is 0 Å². The van der Waals surface area contributed by atoms with Gasteiger partial charge in [-0.25, -0.2) is 24.3 Å². The number of pyridine rings is 1. The molecule has 3 heterocycles. The summed E-state index contributed by atoms with van der Waals surface area (Å²) in [6, 6.07) is 3.19. The van der Waals surface area contributed by atoms with Crippen LogP contribution >= 0.6 is 0 Å². The van der Waals surface area contributed by atoms with Crippen LogP contribution in [0.25, 0.3) is 11.4 Å². The van der Waals surface area contributed by atoms with E-state index in [4.69, 9.17) is 5.73 Å². The maximum Gasteiger partial charge on any atom is 0.267 e. The Morgan fingerprint density at radius 2 is 1.96 bits per heavy atom. The van der Waals surface area contributed by atoms with Crippen LogP contribution in [-0.2, 0) is 0 Å². The Balaban J connectivity index is 1.94. The van der Waals surface area contributed by atoms with E-state index in [0.717, 1.165) is 12.0 Å². The zero-order valence-electron chi connectivity index (χ0n) is 14.6. The summed E-state index contributed by atoms with van der Waals surface area (Å²) >= 11 is 0. The number of nitrogens with zero attached hydrogens (tertiary/aromatic N) is 5. The first kappa shape index (κ1) is 17.5. The van der Waals surface area contributed by atoms with Crippen molar-refractivity contribution < 1.29 is 9.18 Å². The Morgan fingerprint density at radius 1 is 1.19 bits per heavy atom. The van der Waals surface area contributed by atoms with Crippen LogP contribution < -0.4 is 11.1 Å². The van der Waals surface area contributed by atoms with E-state index in [0.29, 0.717) is 11.4 Å². The first-order valence-corrected chi connectivity index (χ1v) is 7.96. The molecule has 0 saturated carbocycles. The van der Waals surface area contributed by atoms with Gasteiger partial charge in [-0.2, -0.15) is 0 Å². The fraction of sp³-hybridized carbons (Fsp3) is 0.235. The highest BCUT2D eigenvalue weighted by atomic mass is 19.1. The number of nitrogens with one attached hydrogen (secondary N) is 1. The predicted octanol–water partition coefficient (Wildman–Crippen LogP) is 2.61. The van der Waals surface area contributed by atoms with E-state index in [1.165, 1.54) is 12.3 Å². The molecule has 0 radical (unpaired) electrons. The molecule has 1 amide bonds. The Kier molecular flexibility index (Phi) is 4.61. The van der Waals surface area contributed by atoms with Crippen molar-refractivity contribution in [3.05, 3.63) is 48.1 Å². The fourth-order valence-corrected chi connectivity index (χ4v) is 2.63. The normalized spacial score (nSPS) is 11.0. The molecule has 3 aromatic rings. The summed E-state index contributed by atoms with van der Waals surface area (Å²) < 4.78 is 16.2. The van der Waals surface area contributed by atoms with Crippen molar-refractivity contribution in [3.8, 4) is 11.4 Å². The average Bonchev–Trinajstić information content (AvgIpc) is 2.98. The summed E-state index contributed by atoms with van der Waals surface area (Å²) in [5.74, 6) is -0.188. The molecule has 9 heteroatoms. The minimum Gasteiger partial charge on any atom is -0.364 e. The second-order valence-electron chi connectivity index (χ2n) is 5.97. The van der Waals surface area contributed by atoms with Gasteiger partial charge in [0.05, 0.1) is 30.0 Å². The molecule has 0 unspecified atom stereocenters. The van der Waals surface area contributed by atoms with Gasteiger partial charge in [0.2, 0.25) is 5.95 Å². The maximum atomic E-state index is 14.3. The van der Waals surface area contributed by atoms with Gasteiger partial charge in [-0.05, 0) is 32.9 Å². The van der Waals surface area contributed by atoms with Crippen LogP contribution in [0.2, 0.25) is 0 Å². The standard InChI is InChI=1S/C17H18FN7O/c1-9(2)25-10(3)20-8-14(25)15-12(18)7-22-17(24-15)23-11-4-5-13(16(19)26)21-6-11/h4-9H,1-3H3,(H2,19,26)(H,22,23,24). The van der Waals surface area contributed by atoms with Crippen LogP contribution in [-0.4, -0.2) is 30.4 Å². The molecule has 0 bridgehead atoms. The van der Waals surface area contributed by atoms with Crippen molar-refractivity contribution in [1.29, 1.82) is 0 Å². The number of amides is 1. The highest BCUT2D eigenvalue weighted by Gasteiger charge is 2.17. The molecule has 3 rings (SSSR count). The van der Waals surface area contributed by atoms with Crippen LogP contribution in [0.3, 0.4) is 0 Å². The molecule has 134 valence electrons. The second-order valence-corrected chi connectivity index (χ2v) is 5.97. The molecule has 3 aromatic heterocycles. The number of rotatable bonds is 5. The summed E-state index contributed by atoms with van der Waals surface area (Å²) in [6.45, 7) is 5.83. The molecule has 0 aliphatic heterocycles. The van der Waals surface area contributed by atoms with Gasteiger partial charge < -0.3 is 15.6 Å². The van der Waals surface area contributed by atoms with Crippen molar-refractivity contribution in [2.75, 3.05) is 5.32 Å². The number of imidazole rings is 1. The van der Waals surface area contributed by atoms with Crippen molar-refractivity contribution in [2.45, 2.75) is 26.8 Å². The highest BCUT2D eigenvalue weighted by Crippen LogP contribution is 2.26. The van der Waals surface area contributed by atoms with E-state index < -0.39 is 11.7 Å². The van der Waals surface area contributed by atoms with Crippen molar-refractivity contribution in [3.63, 3.8) is 0 Å².